The Kier molecular flexibility index (Phi) is 5.86. The molecule has 0 atom stereocenters. The van der Waals surface area contributed by atoms with Crippen molar-refractivity contribution in [2.75, 3.05) is 13.2 Å². The van der Waals surface area contributed by atoms with Gasteiger partial charge in [-0.3, -0.25) is 0 Å². The van der Waals surface area contributed by atoms with Gasteiger partial charge in [-0.2, -0.15) is 0 Å². The van der Waals surface area contributed by atoms with Crippen molar-refractivity contribution in [3.63, 3.8) is 0 Å². The van der Waals surface area contributed by atoms with Crippen molar-refractivity contribution < 1.29 is 19.0 Å². The lowest BCUT2D eigenvalue weighted by Crippen LogP contribution is -2.33. The molecule has 1 saturated heterocycles. The molecule has 0 radical (unpaired) electrons. The Labute approximate surface area is 207 Å². The minimum absolute atomic E-state index is 0.421. The number of nitrogens with zero attached hydrogens (tertiary/aromatic N) is 1. The second-order valence-electron chi connectivity index (χ2n) is 8.89. The van der Waals surface area contributed by atoms with Crippen LogP contribution in [0.3, 0.4) is 0 Å². The number of furan rings is 1. The van der Waals surface area contributed by atoms with Gasteiger partial charge in [-0.15, -0.1) is 11.3 Å². The van der Waals surface area contributed by atoms with Crippen LogP contribution in [0.1, 0.15) is 24.0 Å². The molecular weight excluding hydrogens is 458 g/mol. The van der Waals surface area contributed by atoms with E-state index in [2.05, 4.69) is 29.2 Å². The van der Waals surface area contributed by atoms with E-state index in [0.717, 1.165) is 49.3 Å². The number of thiazole rings is 1. The average Bonchev–Trinajstić information content (AvgIpc) is 3.63. The van der Waals surface area contributed by atoms with E-state index < -0.39 is 5.60 Å². The molecule has 2 aromatic heterocycles. The first-order valence-electron chi connectivity index (χ1n) is 11.7. The van der Waals surface area contributed by atoms with Crippen LogP contribution in [0.15, 0.2) is 89.2 Å². The fourth-order valence-corrected chi connectivity index (χ4v) is 5.31. The number of rotatable bonds is 6. The molecule has 0 saturated carbocycles. The molecule has 3 heterocycles. The number of hydrogen-bond donors (Lipinski definition) is 1. The molecule has 5 nitrogen and oxygen atoms in total. The first kappa shape index (κ1) is 22.0. The molecule has 176 valence electrons. The molecule has 0 amide bonds. The van der Waals surface area contributed by atoms with E-state index in [1.807, 2.05) is 48.0 Å². The maximum atomic E-state index is 11.1. The summed E-state index contributed by atoms with van der Waals surface area (Å²) in [5, 5.41) is 16.2. The first-order chi connectivity index (χ1) is 17.2. The topological polar surface area (TPSA) is 64.7 Å². The monoisotopic (exact) mass is 483 g/mol. The van der Waals surface area contributed by atoms with Crippen molar-refractivity contribution in [1.29, 1.82) is 0 Å². The van der Waals surface area contributed by atoms with Gasteiger partial charge in [-0.05, 0) is 63.9 Å². The van der Waals surface area contributed by atoms with E-state index in [1.54, 1.807) is 23.9 Å². The molecule has 3 aromatic carbocycles. The fourth-order valence-electron chi connectivity index (χ4n) is 4.69. The molecule has 1 aliphatic rings. The summed E-state index contributed by atoms with van der Waals surface area (Å²) >= 11 is 1.63. The van der Waals surface area contributed by atoms with Crippen molar-refractivity contribution in [2.24, 2.45) is 0 Å². The molecule has 1 aliphatic heterocycles. The number of benzene rings is 3. The van der Waals surface area contributed by atoms with Gasteiger partial charge in [0.2, 0.25) is 0 Å². The van der Waals surface area contributed by atoms with Crippen LogP contribution < -0.4 is 4.74 Å². The second-order valence-corrected chi connectivity index (χ2v) is 9.78. The van der Waals surface area contributed by atoms with Crippen molar-refractivity contribution in [1.82, 2.24) is 4.98 Å². The van der Waals surface area contributed by atoms with E-state index in [4.69, 9.17) is 13.9 Å². The number of ether oxygens (including phenoxy) is 2. The van der Waals surface area contributed by atoms with Gasteiger partial charge in [0, 0.05) is 48.8 Å². The zero-order chi connectivity index (χ0) is 23.7. The molecule has 35 heavy (non-hydrogen) atoms. The highest BCUT2D eigenvalue weighted by Crippen LogP contribution is 2.37. The van der Waals surface area contributed by atoms with Crippen LogP contribution in [0, 0.1) is 0 Å². The third-order valence-corrected chi connectivity index (χ3v) is 7.45. The van der Waals surface area contributed by atoms with Crippen LogP contribution in [0.25, 0.3) is 32.5 Å². The van der Waals surface area contributed by atoms with E-state index in [0.29, 0.717) is 32.7 Å². The SMILES string of the molecule is OC1(c2cccc(COc3ccc4cc(-c5nccs5)cc(-c5ccoc5)c4c3)c2)CCOCC1. The van der Waals surface area contributed by atoms with Gasteiger partial charge in [0.15, 0.2) is 0 Å². The summed E-state index contributed by atoms with van der Waals surface area (Å²) in [6.45, 7) is 1.58. The van der Waals surface area contributed by atoms with E-state index in [1.165, 1.54) is 0 Å². The number of aromatic nitrogens is 1. The molecule has 0 spiro atoms. The van der Waals surface area contributed by atoms with Gasteiger partial charge in [-0.25, -0.2) is 4.98 Å². The van der Waals surface area contributed by atoms with Crippen LogP contribution in [0.4, 0.5) is 0 Å². The van der Waals surface area contributed by atoms with Crippen molar-refractivity contribution in [3.05, 3.63) is 95.9 Å². The lowest BCUT2D eigenvalue weighted by molar-refractivity contribution is -0.0679. The van der Waals surface area contributed by atoms with E-state index in [-0.39, 0.29) is 0 Å². The Morgan fingerprint density at radius 3 is 2.71 bits per heavy atom. The smallest absolute Gasteiger partial charge is 0.123 e. The maximum Gasteiger partial charge on any atom is 0.123 e. The molecule has 0 bridgehead atoms. The Balaban J connectivity index is 1.30. The van der Waals surface area contributed by atoms with Gasteiger partial charge < -0.3 is 19.0 Å². The van der Waals surface area contributed by atoms with E-state index in [9.17, 15) is 5.11 Å². The third-order valence-electron chi connectivity index (χ3n) is 6.63. The van der Waals surface area contributed by atoms with Crippen LogP contribution in [0.5, 0.6) is 5.75 Å². The number of aliphatic hydroxyl groups is 1. The summed E-state index contributed by atoms with van der Waals surface area (Å²) in [7, 11) is 0. The number of fused-ring (bicyclic) bond motifs is 1. The molecule has 6 heteroatoms. The second kappa shape index (κ2) is 9.30. The molecular formula is C29H25NO4S. The molecule has 5 aromatic rings. The fraction of sp³-hybridized carbons (Fsp3) is 0.207. The summed E-state index contributed by atoms with van der Waals surface area (Å²) in [6, 6.07) is 20.5. The molecule has 1 N–H and O–H groups in total. The minimum atomic E-state index is -0.828. The Bertz CT molecular complexity index is 1440. The largest absolute Gasteiger partial charge is 0.489 e. The highest BCUT2D eigenvalue weighted by atomic mass is 32.1. The van der Waals surface area contributed by atoms with Crippen molar-refractivity contribution in [3.8, 4) is 27.4 Å². The van der Waals surface area contributed by atoms with Crippen LogP contribution >= 0.6 is 11.3 Å². The quantitative estimate of drug-likeness (QED) is 0.288. The standard InChI is InChI=1S/C29H25NO4S/c31-29(7-11-32-12-8-29)24-3-1-2-20(14-24)18-34-25-5-4-21-15-23(28-30-9-13-35-28)16-26(27(21)17-25)22-6-10-33-19-22/h1-6,9-10,13-17,19,31H,7-8,11-12,18H2. The lowest BCUT2D eigenvalue weighted by atomic mass is 9.86. The molecule has 0 unspecified atom stereocenters. The van der Waals surface area contributed by atoms with Crippen molar-refractivity contribution in [2.45, 2.75) is 25.0 Å². The zero-order valence-corrected chi connectivity index (χ0v) is 20.0. The Morgan fingerprint density at radius 1 is 1.00 bits per heavy atom. The maximum absolute atomic E-state index is 11.1. The predicted molar refractivity (Wildman–Crippen MR) is 137 cm³/mol. The minimum Gasteiger partial charge on any atom is -0.489 e. The number of hydrogen-bond acceptors (Lipinski definition) is 6. The molecule has 6 rings (SSSR count). The van der Waals surface area contributed by atoms with E-state index >= 15 is 0 Å². The summed E-state index contributed by atoms with van der Waals surface area (Å²) in [6.07, 6.45) is 6.51. The zero-order valence-electron chi connectivity index (χ0n) is 19.1. The highest BCUT2D eigenvalue weighted by Gasteiger charge is 2.31. The predicted octanol–water partition coefficient (Wildman–Crippen LogP) is 6.80. The summed E-state index contributed by atoms with van der Waals surface area (Å²) < 4.78 is 17.0. The Morgan fingerprint density at radius 2 is 1.91 bits per heavy atom. The summed E-state index contributed by atoms with van der Waals surface area (Å²) in [5.41, 5.74) is 4.30. The van der Waals surface area contributed by atoms with Gasteiger partial charge in [0.25, 0.3) is 0 Å². The molecule has 0 aliphatic carbocycles. The summed E-state index contributed by atoms with van der Waals surface area (Å²) in [4.78, 5) is 4.49. The average molecular weight is 484 g/mol. The van der Waals surface area contributed by atoms with Crippen LogP contribution in [-0.4, -0.2) is 23.3 Å². The molecule has 1 fully saturated rings. The lowest BCUT2D eigenvalue weighted by Gasteiger charge is -2.32. The van der Waals surface area contributed by atoms with Gasteiger partial charge in [-0.1, -0.05) is 24.3 Å². The van der Waals surface area contributed by atoms with Crippen LogP contribution in [-0.2, 0) is 16.9 Å². The normalized spacial score (nSPS) is 15.3. The van der Waals surface area contributed by atoms with Gasteiger partial charge in [0.1, 0.15) is 17.4 Å². The van der Waals surface area contributed by atoms with Gasteiger partial charge in [0.05, 0.1) is 18.1 Å². The summed E-state index contributed by atoms with van der Waals surface area (Å²) in [5.74, 6) is 0.791. The third kappa shape index (κ3) is 4.48. The first-order valence-corrected chi connectivity index (χ1v) is 12.6. The van der Waals surface area contributed by atoms with Crippen LogP contribution in [0.2, 0.25) is 0 Å². The Hall–Kier alpha value is -3.45. The van der Waals surface area contributed by atoms with Gasteiger partial charge >= 0.3 is 0 Å². The highest BCUT2D eigenvalue weighted by molar-refractivity contribution is 7.13. The van der Waals surface area contributed by atoms with Crippen molar-refractivity contribution >= 4 is 22.1 Å².